The van der Waals surface area contributed by atoms with E-state index in [1.807, 2.05) is 54.6 Å². The number of ether oxygens (including phenoxy) is 1. The molecule has 1 atom stereocenters. The molecule has 8 nitrogen and oxygen atoms in total. The summed E-state index contributed by atoms with van der Waals surface area (Å²) in [5.74, 6) is 0.814. The van der Waals surface area contributed by atoms with Gasteiger partial charge in [0.05, 0.1) is 42.3 Å². The van der Waals surface area contributed by atoms with Gasteiger partial charge in [-0.3, -0.25) is 14.5 Å². The minimum Gasteiger partial charge on any atom is -0.496 e. The van der Waals surface area contributed by atoms with Crippen LogP contribution in [0.2, 0.25) is 0 Å². The molecule has 3 aromatic carbocycles. The Balaban J connectivity index is 1.55. The molecule has 0 aliphatic carbocycles. The van der Waals surface area contributed by atoms with Gasteiger partial charge in [-0.25, -0.2) is 9.07 Å². The van der Waals surface area contributed by atoms with Gasteiger partial charge in [0.15, 0.2) is 0 Å². The number of benzene rings is 3. The van der Waals surface area contributed by atoms with Gasteiger partial charge in [-0.15, -0.1) is 11.8 Å². The molecular formula is C32H27FN4O4S. The molecule has 0 fully saturated rings. The molecule has 0 bridgehead atoms. The van der Waals surface area contributed by atoms with Gasteiger partial charge in [0.1, 0.15) is 29.7 Å². The molecule has 5 aromatic rings. The average molecular weight is 583 g/mol. The largest absolute Gasteiger partial charge is 0.496 e. The van der Waals surface area contributed by atoms with Crippen molar-refractivity contribution in [1.82, 2.24) is 15.1 Å². The molecule has 10 heteroatoms. The summed E-state index contributed by atoms with van der Waals surface area (Å²) in [7, 11) is 1.61. The lowest BCUT2D eigenvalue weighted by Crippen LogP contribution is -2.42. The minimum absolute atomic E-state index is 0.112. The number of hydrogen-bond donors (Lipinski definition) is 1. The van der Waals surface area contributed by atoms with Crippen LogP contribution in [0.3, 0.4) is 0 Å². The van der Waals surface area contributed by atoms with E-state index in [4.69, 9.17) is 14.3 Å². The van der Waals surface area contributed by atoms with E-state index in [2.05, 4.69) is 5.32 Å². The van der Waals surface area contributed by atoms with Crippen LogP contribution in [-0.4, -0.2) is 41.0 Å². The molecule has 0 radical (unpaired) electrons. The number of amides is 2. The minimum atomic E-state index is -0.395. The molecule has 2 amide bonds. The van der Waals surface area contributed by atoms with Gasteiger partial charge in [-0.2, -0.15) is 5.10 Å². The number of furan rings is 1. The van der Waals surface area contributed by atoms with Gasteiger partial charge >= 0.3 is 0 Å². The molecule has 3 heterocycles. The van der Waals surface area contributed by atoms with Crippen LogP contribution in [0.4, 0.5) is 10.2 Å². The number of carbonyl (C=O) groups is 2. The van der Waals surface area contributed by atoms with E-state index in [-0.39, 0.29) is 35.9 Å². The van der Waals surface area contributed by atoms with Crippen LogP contribution in [0, 0.1) is 5.82 Å². The lowest BCUT2D eigenvalue weighted by atomic mass is 9.99. The summed E-state index contributed by atoms with van der Waals surface area (Å²) >= 11 is 1.45. The summed E-state index contributed by atoms with van der Waals surface area (Å²) < 4.78 is 26.7. The quantitative estimate of drug-likeness (QED) is 0.250. The highest BCUT2D eigenvalue weighted by molar-refractivity contribution is 8.00. The number of anilines is 1. The Hall–Kier alpha value is -4.83. The van der Waals surface area contributed by atoms with E-state index in [0.717, 1.165) is 16.7 Å². The first kappa shape index (κ1) is 27.3. The summed E-state index contributed by atoms with van der Waals surface area (Å²) in [5.41, 5.74) is 3.67. The molecule has 0 spiro atoms. The highest BCUT2D eigenvalue weighted by Crippen LogP contribution is 2.50. The van der Waals surface area contributed by atoms with Crippen molar-refractivity contribution in [3.63, 3.8) is 0 Å². The van der Waals surface area contributed by atoms with Crippen LogP contribution < -0.4 is 15.0 Å². The fourth-order valence-corrected chi connectivity index (χ4v) is 6.24. The zero-order valence-corrected chi connectivity index (χ0v) is 23.5. The molecule has 1 aliphatic rings. The van der Waals surface area contributed by atoms with Crippen LogP contribution in [0.1, 0.15) is 22.1 Å². The van der Waals surface area contributed by atoms with Crippen molar-refractivity contribution in [3.8, 4) is 22.7 Å². The summed E-state index contributed by atoms with van der Waals surface area (Å²) in [6, 6.07) is 26.8. The Bertz CT molecular complexity index is 1700. The summed E-state index contributed by atoms with van der Waals surface area (Å²) in [6.45, 7) is -0.0569. The standard InChI is InChI=1S/C32H27FN4O4S/c1-40-26-12-6-5-11-25(26)31-29-30(21-8-3-2-4-9-21)35-37(23-15-13-22(33)14-16-23)32(29)36(28(39)20-42-31)19-27(38)34-18-24-10-7-17-41-24/h2-17,31H,18-20H2,1H3,(H,34,38)/t31-/m1/s1. The van der Waals surface area contributed by atoms with E-state index in [1.165, 1.54) is 35.1 Å². The fraction of sp³-hybridized carbons (Fsp3) is 0.156. The van der Waals surface area contributed by atoms with Crippen LogP contribution in [0.5, 0.6) is 5.75 Å². The summed E-state index contributed by atoms with van der Waals surface area (Å²) in [4.78, 5) is 28.5. The normalized spacial score (nSPS) is 14.8. The number of fused-ring (bicyclic) bond motifs is 1. The molecule has 0 saturated heterocycles. The van der Waals surface area contributed by atoms with Crippen molar-refractivity contribution in [2.24, 2.45) is 0 Å². The second-order valence-electron chi connectivity index (χ2n) is 9.61. The topological polar surface area (TPSA) is 89.6 Å². The van der Waals surface area contributed by atoms with Crippen molar-refractivity contribution in [2.45, 2.75) is 11.8 Å². The molecular weight excluding hydrogens is 555 g/mol. The maximum absolute atomic E-state index is 14.0. The lowest BCUT2D eigenvalue weighted by Gasteiger charge is -2.23. The Morgan fingerprint density at radius 2 is 1.81 bits per heavy atom. The number of carbonyl (C=O) groups excluding carboxylic acids is 2. The van der Waals surface area contributed by atoms with E-state index in [0.29, 0.717) is 28.7 Å². The van der Waals surface area contributed by atoms with Crippen molar-refractivity contribution < 1.29 is 23.1 Å². The maximum atomic E-state index is 14.0. The predicted molar refractivity (Wildman–Crippen MR) is 159 cm³/mol. The SMILES string of the molecule is COc1ccccc1[C@H]1SCC(=O)N(CC(=O)NCc2ccco2)c2c1c(-c1ccccc1)nn2-c1ccc(F)cc1. The number of rotatable bonds is 8. The highest BCUT2D eigenvalue weighted by Gasteiger charge is 2.38. The molecule has 1 N–H and O–H groups in total. The first-order valence-corrected chi connectivity index (χ1v) is 14.4. The lowest BCUT2D eigenvalue weighted by molar-refractivity contribution is -0.123. The van der Waals surface area contributed by atoms with Gasteiger partial charge < -0.3 is 14.5 Å². The van der Waals surface area contributed by atoms with Crippen molar-refractivity contribution >= 4 is 29.4 Å². The Kier molecular flexibility index (Phi) is 7.78. The number of thioether (sulfide) groups is 1. The molecule has 212 valence electrons. The Labute approximate surface area is 246 Å². The smallest absolute Gasteiger partial charge is 0.240 e. The van der Waals surface area contributed by atoms with E-state index in [9.17, 15) is 14.0 Å². The first-order chi connectivity index (χ1) is 20.5. The number of nitrogens with zero attached hydrogens (tertiary/aromatic N) is 3. The monoisotopic (exact) mass is 582 g/mol. The third-order valence-electron chi connectivity index (χ3n) is 6.97. The van der Waals surface area contributed by atoms with Gasteiger partial charge in [-0.05, 0) is 42.5 Å². The van der Waals surface area contributed by atoms with Gasteiger partial charge in [-0.1, -0.05) is 48.5 Å². The highest BCUT2D eigenvalue weighted by atomic mass is 32.2. The number of para-hydroxylation sites is 1. The molecule has 42 heavy (non-hydrogen) atoms. The molecule has 1 aliphatic heterocycles. The third kappa shape index (κ3) is 5.40. The van der Waals surface area contributed by atoms with Gasteiger partial charge in [0, 0.05) is 16.7 Å². The second kappa shape index (κ2) is 12.0. The van der Waals surface area contributed by atoms with E-state index >= 15 is 0 Å². The second-order valence-corrected chi connectivity index (χ2v) is 10.7. The van der Waals surface area contributed by atoms with E-state index < -0.39 is 5.82 Å². The van der Waals surface area contributed by atoms with Crippen LogP contribution in [0.25, 0.3) is 16.9 Å². The molecule has 0 unspecified atom stereocenters. The number of methoxy groups -OCH3 is 1. The number of halogens is 1. The first-order valence-electron chi connectivity index (χ1n) is 13.3. The number of nitrogens with one attached hydrogen (secondary N) is 1. The number of hydrogen-bond acceptors (Lipinski definition) is 6. The predicted octanol–water partition coefficient (Wildman–Crippen LogP) is 5.77. The van der Waals surface area contributed by atoms with Crippen molar-refractivity contribution in [3.05, 3.63) is 120 Å². The van der Waals surface area contributed by atoms with Crippen molar-refractivity contribution in [2.75, 3.05) is 24.3 Å². The number of aromatic nitrogens is 2. The third-order valence-corrected chi connectivity index (χ3v) is 8.21. The molecule has 6 rings (SSSR count). The Morgan fingerprint density at radius 3 is 2.55 bits per heavy atom. The molecule has 2 aromatic heterocycles. The zero-order chi connectivity index (χ0) is 29.1. The van der Waals surface area contributed by atoms with Crippen LogP contribution in [-0.2, 0) is 16.1 Å². The van der Waals surface area contributed by atoms with Crippen LogP contribution >= 0.6 is 11.8 Å². The van der Waals surface area contributed by atoms with E-state index in [1.54, 1.807) is 36.1 Å². The zero-order valence-electron chi connectivity index (χ0n) is 22.7. The molecule has 0 saturated carbocycles. The fourth-order valence-electron chi connectivity index (χ4n) is 5.02. The van der Waals surface area contributed by atoms with Gasteiger partial charge in [0.2, 0.25) is 11.8 Å². The van der Waals surface area contributed by atoms with Crippen molar-refractivity contribution in [1.29, 1.82) is 0 Å². The summed E-state index contributed by atoms with van der Waals surface area (Å²) in [6.07, 6.45) is 1.54. The summed E-state index contributed by atoms with van der Waals surface area (Å²) in [5, 5.41) is 7.49. The Morgan fingerprint density at radius 1 is 1.05 bits per heavy atom. The average Bonchev–Trinajstić information content (AvgIpc) is 3.66. The van der Waals surface area contributed by atoms with Gasteiger partial charge in [0.25, 0.3) is 0 Å². The van der Waals surface area contributed by atoms with Crippen LogP contribution in [0.15, 0.2) is 102 Å². The maximum Gasteiger partial charge on any atom is 0.240 e.